The van der Waals surface area contributed by atoms with Gasteiger partial charge >= 0.3 is 5.69 Å². The molecule has 0 aliphatic rings. The van der Waals surface area contributed by atoms with Gasteiger partial charge in [-0.15, -0.1) is 11.6 Å². The number of H-pyrrole nitrogens is 1. The lowest BCUT2D eigenvalue weighted by atomic mass is 10.1. The molecule has 1 aromatic carbocycles. The van der Waals surface area contributed by atoms with E-state index in [2.05, 4.69) is 4.98 Å². The van der Waals surface area contributed by atoms with Gasteiger partial charge in [-0.05, 0) is 5.56 Å². The zero-order valence-corrected chi connectivity index (χ0v) is 9.72. The first-order chi connectivity index (χ1) is 8.22. The molecule has 0 spiro atoms. The van der Waals surface area contributed by atoms with Gasteiger partial charge in [0.25, 0.3) is 5.56 Å². The summed E-state index contributed by atoms with van der Waals surface area (Å²) in [6, 6.07) is 10.5. The van der Waals surface area contributed by atoms with E-state index in [9.17, 15) is 9.59 Å². The van der Waals surface area contributed by atoms with Crippen molar-refractivity contribution >= 4 is 11.6 Å². The molecule has 0 aliphatic carbocycles. The van der Waals surface area contributed by atoms with Crippen LogP contribution in [0.3, 0.4) is 0 Å². The van der Waals surface area contributed by atoms with E-state index in [0.29, 0.717) is 0 Å². The minimum absolute atomic E-state index is 0.260. The van der Waals surface area contributed by atoms with Crippen molar-refractivity contribution in [2.75, 3.05) is 5.88 Å². The Bertz CT molecular complexity index is 604. The average Bonchev–Trinajstić information content (AvgIpc) is 2.34. The number of nitrogens with zero attached hydrogens (tertiary/aromatic N) is 1. The number of rotatable bonds is 3. The Morgan fingerprint density at radius 2 is 1.88 bits per heavy atom. The molecule has 1 heterocycles. The van der Waals surface area contributed by atoms with Gasteiger partial charge in [0, 0.05) is 18.1 Å². The predicted octanol–water partition coefficient (Wildman–Crippen LogP) is 1.36. The van der Waals surface area contributed by atoms with E-state index in [4.69, 9.17) is 11.6 Å². The van der Waals surface area contributed by atoms with Crippen LogP contribution in [0.5, 0.6) is 0 Å². The molecule has 2 rings (SSSR count). The summed E-state index contributed by atoms with van der Waals surface area (Å²) >= 11 is 5.90. The molecule has 0 saturated heterocycles. The molecule has 1 unspecified atom stereocenters. The molecule has 4 nitrogen and oxygen atoms in total. The molecule has 1 N–H and O–H groups in total. The minimum Gasteiger partial charge on any atom is -0.292 e. The molecule has 0 fully saturated rings. The summed E-state index contributed by atoms with van der Waals surface area (Å²) in [5.41, 5.74) is 0.0660. The predicted molar refractivity (Wildman–Crippen MR) is 66.6 cm³/mol. The summed E-state index contributed by atoms with van der Waals surface area (Å²) < 4.78 is 1.42. The maximum atomic E-state index is 11.7. The molecule has 0 amide bonds. The van der Waals surface area contributed by atoms with Crippen LogP contribution < -0.4 is 11.2 Å². The number of nitrogens with one attached hydrogen (secondary N) is 1. The van der Waals surface area contributed by atoms with Crippen molar-refractivity contribution in [1.82, 2.24) is 9.55 Å². The van der Waals surface area contributed by atoms with E-state index in [-0.39, 0.29) is 11.9 Å². The normalized spacial score (nSPS) is 12.3. The number of aromatic nitrogens is 2. The molecule has 2 aromatic rings. The molecular formula is C12H11ClN2O2. The fraction of sp³-hybridized carbons (Fsp3) is 0.167. The Labute approximate surface area is 102 Å². The van der Waals surface area contributed by atoms with Crippen molar-refractivity contribution in [1.29, 1.82) is 0 Å². The van der Waals surface area contributed by atoms with Gasteiger partial charge in [0.1, 0.15) is 0 Å². The Kier molecular flexibility index (Phi) is 3.44. The summed E-state index contributed by atoms with van der Waals surface area (Å²) in [6.45, 7) is 0. The molecule has 0 radical (unpaired) electrons. The van der Waals surface area contributed by atoms with Crippen LogP contribution >= 0.6 is 11.6 Å². The van der Waals surface area contributed by atoms with Crippen molar-refractivity contribution < 1.29 is 0 Å². The fourth-order valence-corrected chi connectivity index (χ4v) is 2.00. The van der Waals surface area contributed by atoms with Gasteiger partial charge in [-0.3, -0.25) is 14.3 Å². The molecule has 17 heavy (non-hydrogen) atoms. The Hall–Kier alpha value is -1.81. The van der Waals surface area contributed by atoms with E-state index in [1.165, 1.54) is 16.8 Å². The van der Waals surface area contributed by atoms with Crippen molar-refractivity contribution in [2.45, 2.75) is 6.04 Å². The summed E-state index contributed by atoms with van der Waals surface area (Å²) in [7, 11) is 0. The summed E-state index contributed by atoms with van der Waals surface area (Å²) in [5, 5.41) is 0. The molecule has 1 atom stereocenters. The third-order valence-corrected chi connectivity index (χ3v) is 2.81. The van der Waals surface area contributed by atoms with E-state index < -0.39 is 11.2 Å². The third kappa shape index (κ3) is 2.47. The van der Waals surface area contributed by atoms with Gasteiger partial charge in [-0.1, -0.05) is 30.3 Å². The fourth-order valence-electron chi connectivity index (χ4n) is 1.67. The third-order valence-electron chi connectivity index (χ3n) is 2.52. The Morgan fingerprint density at radius 1 is 1.18 bits per heavy atom. The van der Waals surface area contributed by atoms with Crippen molar-refractivity contribution in [3.8, 4) is 0 Å². The van der Waals surface area contributed by atoms with Crippen LogP contribution in [0.15, 0.2) is 52.2 Å². The van der Waals surface area contributed by atoms with Crippen molar-refractivity contribution in [3.63, 3.8) is 0 Å². The second-order valence-corrected chi connectivity index (χ2v) is 3.91. The molecule has 88 valence electrons. The van der Waals surface area contributed by atoms with Crippen LogP contribution in [-0.2, 0) is 0 Å². The SMILES string of the molecule is O=c1ccn(C(CCl)c2ccccc2)c(=O)[nH]1. The molecule has 0 saturated carbocycles. The lowest BCUT2D eigenvalue weighted by Gasteiger charge is -2.16. The number of benzene rings is 1. The topological polar surface area (TPSA) is 54.9 Å². The maximum Gasteiger partial charge on any atom is 0.328 e. The van der Waals surface area contributed by atoms with Crippen molar-refractivity contribution in [2.24, 2.45) is 0 Å². The van der Waals surface area contributed by atoms with Gasteiger partial charge in [0.05, 0.1) is 6.04 Å². The first kappa shape index (κ1) is 11.7. The number of halogens is 1. The van der Waals surface area contributed by atoms with Crippen LogP contribution in [0, 0.1) is 0 Å². The van der Waals surface area contributed by atoms with Gasteiger partial charge in [0.15, 0.2) is 0 Å². The summed E-state index contributed by atoms with van der Waals surface area (Å²) in [6.07, 6.45) is 1.46. The highest BCUT2D eigenvalue weighted by atomic mass is 35.5. The molecule has 5 heteroatoms. The quantitative estimate of drug-likeness (QED) is 0.837. The highest BCUT2D eigenvalue weighted by molar-refractivity contribution is 6.18. The second kappa shape index (κ2) is 5.01. The number of hydrogen-bond donors (Lipinski definition) is 1. The van der Waals surface area contributed by atoms with Crippen LogP contribution in [0.25, 0.3) is 0 Å². The Balaban J connectivity index is 2.50. The van der Waals surface area contributed by atoms with Gasteiger partial charge in [0.2, 0.25) is 0 Å². The van der Waals surface area contributed by atoms with Crippen LogP contribution in [0.1, 0.15) is 11.6 Å². The Morgan fingerprint density at radius 3 is 2.47 bits per heavy atom. The molecule has 0 bridgehead atoms. The number of aromatic amines is 1. The summed E-state index contributed by atoms with van der Waals surface area (Å²) in [4.78, 5) is 24.9. The maximum absolute atomic E-state index is 11.7. The molecular weight excluding hydrogens is 240 g/mol. The highest BCUT2D eigenvalue weighted by Gasteiger charge is 2.13. The van der Waals surface area contributed by atoms with E-state index in [1.807, 2.05) is 30.3 Å². The minimum atomic E-state index is -0.452. The van der Waals surface area contributed by atoms with Crippen LogP contribution in [0.4, 0.5) is 0 Å². The van der Waals surface area contributed by atoms with Crippen LogP contribution in [0.2, 0.25) is 0 Å². The lowest BCUT2D eigenvalue weighted by molar-refractivity contribution is 0.599. The highest BCUT2D eigenvalue weighted by Crippen LogP contribution is 2.17. The zero-order chi connectivity index (χ0) is 12.3. The zero-order valence-electron chi connectivity index (χ0n) is 8.97. The number of hydrogen-bond acceptors (Lipinski definition) is 2. The first-order valence-corrected chi connectivity index (χ1v) is 5.68. The van der Waals surface area contributed by atoms with Crippen LogP contribution in [-0.4, -0.2) is 15.4 Å². The van der Waals surface area contributed by atoms with Crippen molar-refractivity contribution in [3.05, 3.63) is 69.0 Å². The summed E-state index contributed by atoms with van der Waals surface area (Å²) in [5.74, 6) is 0.260. The van der Waals surface area contributed by atoms with E-state index >= 15 is 0 Å². The van der Waals surface area contributed by atoms with Gasteiger partial charge < -0.3 is 0 Å². The first-order valence-electron chi connectivity index (χ1n) is 5.15. The molecule has 1 aromatic heterocycles. The lowest BCUT2D eigenvalue weighted by Crippen LogP contribution is -2.32. The largest absolute Gasteiger partial charge is 0.328 e. The monoisotopic (exact) mass is 250 g/mol. The average molecular weight is 251 g/mol. The van der Waals surface area contributed by atoms with Gasteiger partial charge in [-0.2, -0.15) is 0 Å². The van der Waals surface area contributed by atoms with E-state index in [1.54, 1.807) is 0 Å². The number of alkyl halides is 1. The van der Waals surface area contributed by atoms with Gasteiger partial charge in [-0.25, -0.2) is 4.79 Å². The molecule has 0 aliphatic heterocycles. The smallest absolute Gasteiger partial charge is 0.292 e. The van der Waals surface area contributed by atoms with E-state index in [0.717, 1.165) is 5.56 Å². The second-order valence-electron chi connectivity index (χ2n) is 3.60. The standard InChI is InChI=1S/C12H11ClN2O2/c13-8-10(9-4-2-1-3-5-9)15-7-6-11(16)14-12(15)17/h1-7,10H,8H2,(H,14,16,17).